The Morgan fingerprint density at radius 1 is 1.29 bits per heavy atom. The average Bonchev–Trinajstić information content (AvgIpc) is 2.27. The van der Waals surface area contributed by atoms with E-state index in [2.05, 4.69) is 4.72 Å². The fraction of sp³-hybridized carbons (Fsp3) is 1.00. The van der Waals surface area contributed by atoms with Gasteiger partial charge in [0, 0.05) is 26.7 Å². The van der Waals surface area contributed by atoms with Crippen LogP contribution in [0.5, 0.6) is 0 Å². The third kappa shape index (κ3) is 6.95. The summed E-state index contributed by atoms with van der Waals surface area (Å²) in [6.07, 6.45) is 0.711. The number of methoxy groups -OCH3 is 1. The van der Waals surface area contributed by atoms with Crippen LogP contribution >= 0.6 is 0 Å². The Hall–Kier alpha value is -0.210. The maximum atomic E-state index is 11.9. The van der Waals surface area contributed by atoms with Crippen molar-refractivity contribution >= 4 is 10.2 Å². The first-order valence-electron chi connectivity index (χ1n) is 5.89. The first-order chi connectivity index (χ1) is 7.97. The zero-order valence-electron chi connectivity index (χ0n) is 10.8. The van der Waals surface area contributed by atoms with Crippen LogP contribution in [0.2, 0.25) is 0 Å². The minimum atomic E-state index is -3.49. The fourth-order valence-electron chi connectivity index (χ4n) is 1.40. The molecule has 0 fully saturated rings. The summed E-state index contributed by atoms with van der Waals surface area (Å²) in [7, 11) is -2.04. The first-order valence-corrected chi connectivity index (χ1v) is 7.33. The molecule has 2 N–H and O–H groups in total. The van der Waals surface area contributed by atoms with Gasteiger partial charge in [0.25, 0.3) is 10.2 Å². The molecule has 0 spiro atoms. The first kappa shape index (κ1) is 16.8. The Morgan fingerprint density at radius 2 is 1.82 bits per heavy atom. The normalized spacial score (nSPS) is 14.2. The molecule has 0 saturated carbocycles. The summed E-state index contributed by atoms with van der Waals surface area (Å²) < 4.78 is 32.3. The maximum Gasteiger partial charge on any atom is 0.279 e. The molecule has 0 aliphatic heterocycles. The minimum Gasteiger partial charge on any atom is -0.389 e. The molecular formula is C10H24N2O4S. The van der Waals surface area contributed by atoms with Crippen LogP contribution in [-0.4, -0.2) is 57.3 Å². The van der Waals surface area contributed by atoms with E-state index < -0.39 is 16.3 Å². The topological polar surface area (TPSA) is 78.9 Å². The maximum absolute atomic E-state index is 11.9. The lowest BCUT2D eigenvalue weighted by Gasteiger charge is -2.22. The van der Waals surface area contributed by atoms with Gasteiger partial charge in [0.15, 0.2) is 0 Å². The minimum absolute atomic E-state index is 0.0277. The lowest BCUT2D eigenvalue weighted by Crippen LogP contribution is -2.44. The van der Waals surface area contributed by atoms with Gasteiger partial charge >= 0.3 is 0 Å². The van der Waals surface area contributed by atoms with Crippen molar-refractivity contribution in [1.82, 2.24) is 9.03 Å². The molecule has 17 heavy (non-hydrogen) atoms. The molecule has 0 heterocycles. The van der Waals surface area contributed by atoms with Gasteiger partial charge in [0.05, 0.1) is 12.7 Å². The van der Waals surface area contributed by atoms with E-state index in [0.29, 0.717) is 13.1 Å². The predicted octanol–water partition coefficient (Wildman–Crippen LogP) is -0.0499. The highest BCUT2D eigenvalue weighted by atomic mass is 32.2. The Labute approximate surface area is 104 Å². The second kappa shape index (κ2) is 8.82. The summed E-state index contributed by atoms with van der Waals surface area (Å²) in [4.78, 5) is 0. The number of ether oxygens (including phenoxy) is 1. The van der Waals surface area contributed by atoms with Crippen molar-refractivity contribution in [3.63, 3.8) is 0 Å². The number of nitrogens with zero attached hydrogens (tertiary/aromatic N) is 1. The molecule has 0 radical (unpaired) electrons. The van der Waals surface area contributed by atoms with Crippen LogP contribution in [0.4, 0.5) is 0 Å². The second-order valence-electron chi connectivity index (χ2n) is 3.86. The molecule has 0 bridgehead atoms. The fourth-order valence-corrected chi connectivity index (χ4v) is 2.83. The highest BCUT2D eigenvalue weighted by Crippen LogP contribution is 2.01. The average molecular weight is 268 g/mol. The molecule has 0 aliphatic rings. The lowest BCUT2D eigenvalue weighted by molar-refractivity contribution is 0.0676. The molecular weight excluding hydrogens is 244 g/mol. The van der Waals surface area contributed by atoms with E-state index in [1.165, 1.54) is 11.4 Å². The third-order valence-corrected chi connectivity index (χ3v) is 3.72. The summed E-state index contributed by atoms with van der Waals surface area (Å²) in [5.41, 5.74) is 0. The molecule has 0 aromatic carbocycles. The van der Waals surface area contributed by atoms with Crippen LogP contribution in [-0.2, 0) is 14.9 Å². The van der Waals surface area contributed by atoms with Crippen LogP contribution in [0.15, 0.2) is 0 Å². The van der Waals surface area contributed by atoms with Crippen LogP contribution in [0.3, 0.4) is 0 Å². The number of aliphatic hydroxyl groups is 1. The van der Waals surface area contributed by atoms with E-state index in [4.69, 9.17) is 4.74 Å². The molecule has 0 amide bonds. The molecule has 0 aromatic rings. The molecule has 0 saturated heterocycles. The van der Waals surface area contributed by atoms with Gasteiger partial charge in [-0.3, -0.25) is 0 Å². The quantitative estimate of drug-likeness (QED) is 0.582. The van der Waals surface area contributed by atoms with Crippen molar-refractivity contribution in [2.45, 2.75) is 32.8 Å². The number of hydrogen-bond acceptors (Lipinski definition) is 4. The Balaban J connectivity index is 4.31. The van der Waals surface area contributed by atoms with Crippen molar-refractivity contribution in [2.24, 2.45) is 0 Å². The molecule has 1 unspecified atom stereocenters. The molecule has 0 aliphatic carbocycles. The van der Waals surface area contributed by atoms with Crippen molar-refractivity contribution in [3.8, 4) is 0 Å². The highest BCUT2D eigenvalue weighted by molar-refractivity contribution is 7.87. The van der Waals surface area contributed by atoms with E-state index in [0.717, 1.165) is 12.8 Å². The van der Waals surface area contributed by atoms with Crippen LogP contribution in [0, 0.1) is 0 Å². The largest absolute Gasteiger partial charge is 0.389 e. The molecule has 0 rings (SSSR count). The Kier molecular flexibility index (Phi) is 8.71. The van der Waals surface area contributed by atoms with Crippen molar-refractivity contribution in [2.75, 3.05) is 33.4 Å². The van der Waals surface area contributed by atoms with Crippen molar-refractivity contribution in [3.05, 3.63) is 0 Å². The van der Waals surface area contributed by atoms with Gasteiger partial charge in [-0.2, -0.15) is 17.4 Å². The Bertz CT molecular complexity index is 276. The van der Waals surface area contributed by atoms with E-state index in [1.807, 2.05) is 13.8 Å². The van der Waals surface area contributed by atoms with Gasteiger partial charge in [-0.1, -0.05) is 13.8 Å². The molecule has 6 nitrogen and oxygen atoms in total. The van der Waals surface area contributed by atoms with Crippen molar-refractivity contribution in [1.29, 1.82) is 0 Å². The van der Waals surface area contributed by atoms with Gasteiger partial charge in [-0.05, 0) is 12.8 Å². The third-order valence-electron chi connectivity index (χ3n) is 2.15. The highest BCUT2D eigenvalue weighted by Gasteiger charge is 2.20. The zero-order valence-corrected chi connectivity index (χ0v) is 11.7. The van der Waals surface area contributed by atoms with Gasteiger partial charge in [0.2, 0.25) is 0 Å². The number of hydrogen-bond donors (Lipinski definition) is 2. The predicted molar refractivity (Wildman–Crippen MR) is 67.0 cm³/mol. The summed E-state index contributed by atoms with van der Waals surface area (Å²) in [5.74, 6) is 0. The molecule has 104 valence electrons. The van der Waals surface area contributed by atoms with E-state index in [9.17, 15) is 13.5 Å². The number of rotatable bonds is 10. The second-order valence-corrected chi connectivity index (χ2v) is 5.62. The summed E-state index contributed by atoms with van der Waals surface area (Å²) in [6, 6.07) is 0. The molecule has 1 atom stereocenters. The van der Waals surface area contributed by atoms with E-state index in [1.54, 1.807) is 0 Å². The zero-order chi connectivity index (χ0) is 13.3. The summed E-state index contributed by atoms with van der Waals surface area (Å²) in [5, 5.41) is 9.38. The van der Waals surface area contributed by atoms with Crippen molar-refractivity contribution < 1.29 is 18.3 Å². The van der Waals surface area contributed by atoms with Gasteiger partial charge in [-0.15, -0.1) is 0 Å². The van der Waals surface area contributed by atoms with E-state index >= 15 is 0 Å². The smallest absolute Gasteiger partial charge is 0.279 e. The Morgan fingerprint density at radius 3 is 2.24 bits per heavy atom. The number of nitrogens with one attached hydrogen (secondary N) is 1. The van der Waals surface area contributed by atoms with Crippen LogP contribution in [0.25, 0.3) is 0 Å². The SMILES string of the molecule is CCCN(CCC)S(=O)(=O)NCC(O)COC. The lowest BCUT2D eigenvalue weighted by atomic mass is 10.4. The number of aliphatic hydroxyl groups excluding tert-OH is 1. The molecule has 0 aromatic heterocycles. The van der Waals surface area contributed by atoms with Crippen LogP contribution < -0.4 is 4.72 Å². The van der Waals surface area contributed by atoms with Crippen LogP contribution in [0.1, 0.15) is 26.7 Å². The molecule has 7 heteroatoms. The summed E-state index contributed by atoms with van der Waals surface area (Å²) in [6.45, 7) is 4.92. The summed E-state index contributed by atoms with van der Waals surface area (Å²) >= 11 is 0. The monoisotopic (exact) mass is 268 g/mol. The standard InChI is InChI=1S/C10H24N2O4S/c1-4-6-12(7-5-2)17(14,15)11-8-10(13)9-16-3/h10-11,13H,4-9H2,1-3H3. The van der Waals surface area contributed by atoms with Gasteiger partial charge in [0.1, 0.15) is 0 Å². The van der Waals surface area contributed by atoms with Gasteiger partial charge < -0.3 is 9.84 Å². The van der Waals surface area contributed by atoms with E-state index in [-0.39, 0.29) is 13.2 Å². The van der Waals surface area contributed by atoms with Gasteiger partial charge in [-0.25, -0.2) is 0 Å².